The number of carbonyl (C=O) groups excluding carboxylic acids is 1. The molecular formula is C14H17F3N2O. The Balaban J connectivity index is 1.84. The van der Waals surface area contributed by atoms with Crippen LogP contribution in [0.25, 0.3) is 0 Å². The van der Waals surface area contributed by atoms with E-state index in [0.29, 0.717) is 5.92 Å². The van der Waals surface area contributed by atoms with E-state index in [-0.39, 0.29) is 18.0 Å². The minimum absolute atomic E-state index is 0.0619. The first-order valence-electron chi connectivity index (χ1n) is 6.71. The highest BCUT2D eigenvalue weighted by molar-refractivity contribution is 5.90. The molecule has 1 amide bonds. The van der Waals surface area contributed by atoms with Crippen LogP contribution in [-0.4, -0.2) is 19.0 Å². The molecule has 1 fully saturated rings. The Labute approximate surface area is 115 Å². The molecule has 1 heterocycles. The summed E-state index contributed by atoms with van der Waals surface area (Å²) in [6, 6.07) is 1.55. The Morgan fingerprint density at radius 2 is 2.00 bits per heavy atom. The van der Waals surface area contributed by atoms with Gasteiger partial charge in [-0.2, -0.15) is 0 Å². The van der Waals surface area contributed by atoms with Crippen LogP contribution in [0.1, 0.15) is 25.7 Å². The van der Waals surface area contributed by atoms with E-state index in [1.54, 1.807) is 0 Å². The maximum absolute atomic E-state index is 13.0. The number of rotatable bonds is 4. The maximum Gasteiger partial charge on any atom is 0.224 e. The van der Waals surface area contributed by atoms with Gasteiger partial charge in [0.2, 0.25) is 5.91 Å². The second-order valence-electron chi connectivity index (χ2n) is 5.05. The van der Waals surface area contributed by atoms with E-state index < -0.39 is 17.5 Å². The first-order valence-corrected chi connectivity index (χ1v) is 6.71. The van der Waals surface area contributed by atoms with E-state index >= 15 is 0 Å². The minimum Gasteiger partial charge on any atom is -0.326 e. The molecule has 2 rings (SSSR count). The topological polar surface area (TPSA) is 41.1 Å². The summed E-state index contributed by atoms with van der Waals surface area (Å²) in [5.74, 6) is -4.01. The van der Waals surface area contributed by atoms with Crippen molar-refractivity contribution in [3.63, 3.8) is 0 Å². The summed E-state index contributed by atoms with van der Waals surface area (Å²) in [6.45, 7) is 1.91. The monoisotopic (exact) mass is 286 g/mol. The molecule has 0 spiro atoms. The number of benzene rings is 1. The van der Waals surface area contributed by atoms with Crippen LogP contribution in [0.3, 0.4) is 0 Å². The van der Waals surface area contributed by atoms with Crippen molar-refractivity contribution in [2.24, 2.45) is 5.92 Å². The highest BCUT2D eigenvalue weighted by Crippen LogP contribution is 2.19. The molecule has 1 aromatic rings. The standard InChI is InChI=1S/C14H17F3N2O/c15-11-6-10(7-12(16)14(11)17)19-13(20)4-3-9-2-1-5-18-8-9/h6-7,9,18H,1-5,8H2,(H,19,20). The molecular weight excluding hydrogens is 269 g/mol. The number of anilines is 1. The lowest BCUT2D eigenvalue weighted by Gasteiger charge is -2.22. The lowest BCUT2D eigenvalue weighted by Crippen LogP contribution is -2.30. The van der Waals surface area contributed by atoms with Gasteiger partial charge in [0, 0.05) is 24.2 Å². The molecule has 6 heteroatoms. The van der Waals surface area contributed by atoms with Crippen molar-refractivity contribution in [2.45, 2.75) is 25.7 Å². The Morgan fingerprint density at radius 1 is 1.30 bits per heavy atom. The van der Waals surface area contributed by atoms with Crippen LogP contribution in [-0.2, 0) is 4.79 Å². The van der Waals surface area contributed by atoms with Crippen LogP contribution in [0, 0.1) is 23.4 Å². The number of halogens is 3. The molecule has 1 aliphatic heterocycles. The third-order valence-corrected chi connectivity index (χ3v) is 3.45. The Kier molecular flexibility index (Phi) is 5.00. The zero-order chi connectivity index (χ0) is 14.5. The number of piperidine rings is 1. The molecule has 1 unspecified atom stereocenters. The fourth-order valence-corrected chi connectivity index (χ4v) is 2.36. The van der Waals surface area contributed by atoms with Crippen molar-refractivity contribution in [1.82, 2.24) is 5.32 Å². The number of nitrogens with one attached hydrogen (secondary N) is 2. The number of hydrogen-bond donors (Lipinski definition) is 2. The van der Waals surface area contributed by atoms with Crippen molar-refractivity contribution in [1.29, 1.82) is 0 Å². The van der Waals surface area contributed by atoms with Gasteiger partial charge in [0.05, 0.1) is 0 Å². The number of hydrogen-bond acceptors (Lipinski definition) is 2. The Bertz CT molecular complexity index is 464. The Morgan fingerprint density at radius 3 is 2.60 bits per heavy atom. The molecule has 1 atom stereocenters. The van der Waals surface area contributed by atoms with Gasteiger partial charge < -0.3 is 10.6 Å². The van der Waals surface area contributed by atoms with Crippen molar-refractivity contribution in [2.75, 3.05) is 18.4 Å². The van der Waals surface area contributed by atoms with Gasteiger partial charge in [-0.25, -0.2) is 13.2 Å². The van der Waals surface area contributed by atoms with Gasteiger partial charge in [0.25, 0.3) is 0 Å². The van der Waals surface area contributed by atoms with Gasteiger partial charge in [-0.05, 0) is 38.3 Å². The van der Waals surface area contributed by atoms with Crippen molar-refractivity contribution >= 4 is 11.6 Å². The molecule has 1 aromatic carbocycles. The van der Waals surface area contributed by atoms with E-state index in [0.717, 1.165) is 44.5 Å². The van der Waals surface area contributed by atoms with E-state index in [1.165, 1.54) is 0 Å². The van der Waals surface area contributed by atoms with E-state index in [1.807, 2.05) is 0 Å². The van der Waals surface area contributed by atoms with Crippen LogP contribution < -0.4 is 10.6 Å². The van der Waals surface area contributed by atoms with Gasteiger partial charge in [-0.3, -0.25) is 4.79 Å². The lowest BCUT2D eigenvalue weighted by molar-refractivity contribution is -0.116. The normalized spacial score (nSPS) is 18.9. The predicted octanol–water partition coefficient (Wildman–Crippen LogP) is 2.82. The second-order valence-corrected chi connectivity index (χ2v) is 5.05. The fourth-order valence-electron chi connectivity index (χ4n) is 2.36. The molecule has 0 saturated carbocycles. The molecule has 110 valence electrons. The molecule has 2 N–H and O–H groups in total. The summed E-state index contributed by atoms with van der Waals surface area (Å²) in [7, 11) is 0. The molecule has 0 bridgehead atoms. The third kappa shape index (κ3) is 3.96. The first-order chi connectivity index (χ1) is 9.56. The fraction of sp³-hybridized carbons (Fsp3) is 0.500. The summed E-state index contributed by atoms with van der Waals surface area (Å²) in [6.07, 6.45) is 3.19. The average molecular weight is 286 g/mol. The summed E-state index contributed by atoms with van der Waals surface area (Å²) < 4.78 is 38.8. The van der Waals surface area contributed by atoms with Crippen molar-refractivity contribution < 1.29 is 18.0 Å². The molecule has 20 heavy (non-hydrogen) atoms. The quantitative estimate of drug-likeness (QED) is 0.836. The largest absolute Gasteiger partial charge is 0.326 e. The first kappa shape index (κ1) is 14.8. The maximum atomic E-state index is 13.0. The van der Waals surface area contributed by atoms with Gasteiger partial charge in [-0.1, -0.05) is 0 Å². The van der Waals surface area contributed by atoms with Crippen LogP contribution in [0.2, 0.25) is 0 Å². The number of carbonyl (C=O) groups is 1. The molecule has 0 aliphatic carbocycles. The molecule has 0 radical (unpaired) electrons. The molecule has 1 aliphatic rings. The summed E-state index contributed by atoms with van der Waals surface area (Å²) >= 11 is 0. The lowest BCUT2D eigenvalue weighted by atomic mass is 9.94. The van der Waals surface area contributed by atoms with Crippen LogP contribution >= 0.6 is 0 Å². The highest BCUT2D eigenvalue weighted by Gasteiger charge is 2.16. The van der Waals surface area contributed by atoms with Crippen LogP contribution in [0.4, 0.5) is 18.9 Å². The number of amides is 1. The van der Waals surface area contributed by atoms with Crippen LogP contribution in [0.15, 0.2) is 12.1 Å². The zero-order valence-corrected chi connectivity index (χ0v) is 11.0. The summed E-state index contributed by atoms with van der Waals surface area (Å²) in [4.78, 5) is 11.7. The molecule has 3 nitrogen and oxygen atoms in total. The highest BCUT2D eigenvalue weighted by atomic mass is 19.2. The third-order valence-electron chi connectivity index (χ3n) is 3.45. The van der Waals surface area contributed by atoms with Gasteiger partial charge in [-0.15, -0.1) is 0 Å². The smallest absolute Gasteiger partial charge is 0.224 e. The zero-order valence-electron chi connectivity index (χ0n) is 11.0. The van der Waals surface area contributed by atoms with Gasteiger partial charge in [0.15, 0.2) is 17.5 Å². The van der Waals surface area contributed by atoms with Crippen molar-refractivity contribution in [3.8, 4) is 0 Å². The van der Waals surface area contributed by atoms with Crippen molar-refractivity contribution in [3.05, 3.63) is 29.6 Å². The molecule has 0 aromatic heterocycles. The minimum atomic E-state index is -1.53. The summed E-state index contributed by atoms with van der Waals surface area (Å²) in [5.41, 5.74) is -0.0619. The molecule has 1 saturated heterocycles. The second kappa shape index (κ2) is 6.74. The van der Waals surface area contributed by atoms with E-state index in [4.69, 9.17) is 0 Å². The SMILES string of the molecule is O=C(CCC1CCCNC1)Nc1cc(F)c(F)c(F)c1. The summed E-state index contributed by atoms with van der Waals surface area (Å²) in [5, 5.41) is 5.64. The van der Waals surface area contributed by atoms with Gasteiger partial charge in [0.1, 0.15) is 0 Å². The van der Waals surface area contributed by atoms with E-state index in [2.05, 4.69) is 10.6 Å². The van der Waals surface area contributed by atoms with Gasteiger partial charge >= 0.3 is 0 Å². The predicted molar refractivity (Wildman–Crippen MR) is 69.8 cm³/mol. The van der Waals surface area contributed by atoms with Crippen LogP contribution in [0.5, 0.6) is 0 Å². The van der Waals surface area contributed by atoms with E-state index in [9.17, 15) is 18.0 Å². The average Bonchev–Trinajstić information content (AvgIpc) is 2.43. The Hall–Kier alpha value is -1.56.